The Kier molecular flexibility index (Phi) is 5.65. The van der Waals surface area contributed by atoms with E-state index in [9.17, 15) is 4.79 Å². The Bertz CT molecular complexity index is 539. The van der Waals surface area contributed by atoms with Crippen molar-refractivity contribution in [1.82, 2.24) is 10.2 Å². The Hall–Kier alpha value is -1.99. The van der Waals surface area contributed by atoms with E-state index in [4.69, 9.17) is 5.11 Å². The molecule has 1 aromatic rings. The zero-order chi connectivity index (χ0) is 15.1. The van der Waals surface area contributed by atoms with Crippen LogP contribution in [0, 0.1) is 11.8 Å². The highest BCUT2D eigenvalue weighted by atomic mass is 16.2. The number of carbonyl (C=O) groups excluding carboxylic acids is 1. The Morgan fingerprint density at radius 1 is 1.43 bits per heavy atom. The molecule has 0 aromatic heterocycles. The van der Waals surface area contributed by atoms with E-state index in [0.29, 0.717) is 12.6 Å². The number of rotatable bonds is 3. The molecule has 4 heteroatoms. The molecule has 21 heavy (non-hydrogen) atoms. The Morgan fingerprint density at radius 3 is 2.90 bits per heavy atom. The minimum atomic E-state index is -0.145. The number of nitrogens with zero attached hydrogens (tertiary/aromatic N) is 1. The van der Waals surface area contributed by atoms with Crippen LogP contribution in [0.5, 0.6) is 0 Å². The molecule has 1 fully saturated rings. The number of hydrogen-bond donors (Lipinski definition) is 2. The van der Waals surface area contributed by atoms with Crippen molar-refractivity contribution in [2.24, 2.45) is 0 Å². The molecule has 1 saturated carbocycles. The van der Waals surface area contributed by atoms with Crippen molar-refractivity contribution in [2.45, 2.75) is 38.3 Å². The molecule has 4 nitrogen and oxygen atoms in total. The average Bonchev–Trinajstić information content (AvgIpc) is 2.98. The van der Waals surface area contributed by atoms with Crippen LogP contribution in [-0.4, -0.2) is 35.7 Å². The van der Waals surface area contributed by atoms with Crippen LogP contribution in [0.4, 0.5) is 4.79 Å². The third-order valence-electron chi connectivity index (χ3n) is 3.69. The lowest BCUT2D eigenvalue weighted by Crippen LogP contribution is -2.41. The number of nitrogens with one attached hydrogen (secondary N) is 1. The second-order valence-corrected chi connectivity index (χ2v) is 5.45. The summed E-state index contributed by atoms with van der Waals surface area (Å²) in [5.41, 5.74) is 1.88. The zero-order valence-corrected chi connectivity index (χ0v) is 12.4. The maximum atomic E-state index is 12.1. The van der Waals surface area contributed by atoms with Crippen LogP contribution in [0.1, 0.15) is 36.8 Å². The Morgan fingerprint density at radius 2 is 2.19 bits per heavy atom. The van der Waals surface area contributed by atoms with E-state index < -0.39 is 0 Å². The molecule has 112 valence electrons. The summed E-state index contributed by atoms with van der Waals surface area (Å²) in [5.74, 6) is 5.51. The van der Waals surface area contributed by atoms with Gasteiger partial charge in [0.1, 0.15) is 6.61 Å². The molecule has 0 spiro atoms. The molecule has 0 unspecified atom stereocenters. The standard InChI is InChI=1S/C17H22N2O2/c1-19(17(21)18-16-9-2-3-10-16)13-15-7-4-6-14(12-15)8-5-11-20/h4,6-7,12,16,20H,2-3,9-11,13H2,1H3,(H,18,21). The highest BCUT2D eigenvalue weighted by Crippen LogP contribution is 2.18. The van der Waals surface area contributed by atoms with Gasteiger partial charge < -0.3 is 15.3 Å². The lowest BCUT2D eigenvalue weighted by molar-refractivity contribution is 0.202. The van der Waals surface area contributed by atoms with Gasteiger partial charge in [-0.25, -0.2) is 4.79 Å². The van der Waals surface area contributed by atoms with E-state index in [0.717, 1.165) is 24.0 Å². The van der Waals surface area contributed by atoms with Crippen LogP contribution >= 0.6 is 0 Å². The van der Waals surface area contributed by atoms with Gasteiger partial charge >= 0.3 is 6.03 Å². The monoisotopic (exact) mass is 286 g/mol. The van der Waals surface area contributed by atoms with Crippen molar-refractivity contribution in [3.8, 4) is 11.8 Å². The van der Waals surface area contributed by atoms with E-state index in [2.05, 4.69) is 17.2 Å². The van der Waals surface area contributed by atoms with Crippen LogP contribution < -0.4 is 5.32 Å². The topological polar surface area (TPSA) is 52.6 Å². The van der Waals surface area contributed by atoms with Crippen LogP contribution in [0.2, 0.25) is 0 Å². The average molecular weight is 286 g/mol. The summed E-state index contributed by atoms with van der Waals surface area (Å²) in [6.07, 6.45) is 4.60. The fourth-order valence-electron chi connectivity index (χ4n) is 2.59. The molecule has 0 saturated heterocycles. The van der Waals surface area contributed by atoms with E-state index in [1.807, 2.05) is 24.3 Å². The van der Waals surface area contributed by atoms with Crippen molar-refractivity contribution in [2.75, 3.05) is 13.7 Å². The molecule has 0 bridgehead atoms. The van der Waals surface area contributed by atoms with Crippen molar-refractivity contribution in [3.63, 3.8) is 0 Å². The Labute approximate surface area is 126 Å². The molecule has 1 aliphatic carbocycles. The van der Waals surface area contributed by atoms with Crippen molar-refractivity contribution < 1.29 is 9.90 Å². The maximum Gasteiger partial charge on any atom is 0.317 e. The predicted molar refractivity (Wildman–Crippen MR) is 82.7 cm³/mol. The summed E-state index contributed by atoms with van der Waals surface area (Å²) in [5, 5.41) is 11.8. The van der Waals surface area contributed by atoms with E-state index >= 15 is 0 Å². The first-order chi connectivity index (χ1) is 10.2. The predicted octanol–water partition coefficient (Wildman–Crippen LogP) is 2.11. The first kappa shape index (κ1) is 15.4. The number of benzene rings is 1. The second-order valence-electron chi connectivity index (χ2n) is 5.45. The van der Waals surface area contributed by atoms with Crippen LogP contribution in [0.3, 0.4) is 0 Å². The van der Waals surface area contributed by atoms with Gasteiger partial charge in [-0.15, -0.1) is 0 Å². The summed E-state index contributed by atoms with van der Waals surface area (Å²) in [6.45, 7) is 0.404. The van der Waals surface area contributed by atoms with Crippen molar-refractivity contribution in [3.05, 3.63) is 35.4 Å². The quantitative estimate of drug-likeness (QED) is 0.836. The molecule has 2 amide bonds. The smallest absolute Gasteiger partial charge is 0.317 e. The van der Waals surface area contributed by atoms with Crippen LogP contribution in [0.15, 0.2) is 24.3 Å². The summed E-state index contributed by atoms with van der Waals surface area (Å²) >= 11 is 0. The third kappa shape index (κ3) is 4.80. The number of aliphatic hydroxyl groups is 1. The molecule has 1 aromatic carbocycles. The van der Waals surface area contributed by atoms with E-state index in [1.165, 1.54) is 12.8 Å². The van der Waals surface area contributed by atoms with Gasteiger partial charge in [0.05, 0.1) is 0 Å². The molecule has 0 atom stereocenters. The van der Waals surface area contributed by atoms with E-state index in [-0.39, 0.29) is 12.6 Å². The molecule has 1 aliphatic rings. The summed E-state index contributed by atoms with van der Waals surface area (Å²) < 4.78 is 0. The molecular formula is C17H22N2O2. The maximum absolute atomic E-state index is 12.1. The number of hydrogen-bond acceptors (Lipinski definition) is 2. The third-order valence-corrected chi connectivity index (χ3v) is 3.69. The largest absolute Gasteiger partial charge is 0.384 e. The number of urea groups is 1. The van der Waals surface area contributed by atoms with Crippen LogP contribution in [-0.2, 0) is 6.54 Å². The zero-order valence-electron chi connectivity index (χ0n) is 12.4. The number of aliphatic hydroxyl groups excluding tert-OH is 1. The minimum Gasteiger partial charge on any atom is -0.384 e. The molecule has 0 heterocycles. The van der Waals surface area contributed by atoms with Crippen molar-refractivity contribution >= 4 is 6.03 Å². The van der Waals surface area contributed by atoms with Gasteiger partial charge in [-0.2, -0.15) is 0 Å². The lowest BCUT2D eigenvalue weighted by Gasteiger charge is -2.21. The summed E-state index contributed by atoms with van der Waals surface area (Å²) in [7, 11) is 1.80. The second kappa shape index (κ2) is 7.70. The van der Waals surface area contributed by atoms with Gasteiger partial charge in [0.2, 0.25) is 0 Å². The number of amides is 2. The Balaban J connectivity index is 1.91. The lowest BCUT2D eigenvalue weighted by atomic mass is 10.1. The summed E-state index contributed by atoms with van der Waals surface area (Å²) in [4.78, 5) is 13.8. The molecular weight excluding hydrogens is 264 g/mol. The van der Waals surface area contributed by atoms with Gasteiger partial charge in [0, 0.05) is 25.2 Å². The van der Waals surface area contributed by atoms with Gasteiger partial charge in [-0.3, -0.25) is 0 Å². The van der Waals surface area contributed by atoms with Crippen molar-refractivity contribution in [1.29, 1.82) is 0 Å². The van der Waals surface area contributed by atoms with Gasteiger partial charge in [-0.05, 0) is 30.5 Å². The van der Waals surface area contributed by atoms with Gasteiger partial charge in [0.25, 0.3) is 0 Å². The number of carbonyl (C=O) groups is 1. The minimum absolute atomic E-state index is 0.0197. The normalized spacial score (nSPS) is 14.4. The van der Waals surface area contributed by atoms with Gasteiger partial charge in [0.15, 0.2) is 0 Å². The molecule has 2 rings (SSSR count). The molecule has 0 aliphatic heterocycles. The fourth-order valence-corrected chi connectivity index (χ4v) is 2.59. The first-order valence-electron chi connectivity index (χ1n) is 7.39. The highest BCUT2D eigenvalue weighted by molar-refractivity contribution is 5.74. The summed E-state index contributed by atoms with van der Waals surface area (Å²) in [6, 6.07) is 8.05. The highest BCUT2D eigenvalue weighted by Gasteiger charge is 2.19. The van der Waals surface area contributed by atoms with Gasteiger partial charge in [-0.1, -0.05) is 36.8 Å². The molecule has 0 radical (unpaired) electrons. The fraction of sp³-hybridized carbons (Fsp3) is 0.471. The van der Waals surface area contributed by atoms with Crippen LogP contribution in [0.25, 0.3) is 0 Å². The SMILES string of the molecule is CN(Cc1cccc(C#CCO)c1)C(=O)NC1CCCC1. The molecule has 2 N–H and O–H groups in total. The van der Waals surface area contributed by atoms with E-state index in [1.54, 1.807) is 11.9 Å². The first-order valence-corrected chi connectivity index (χ1v) is 7.39.